The predicted octanol–water partition coefficient (Wildman–Crippen LogP) is 2.36. The first-order valence-corrected chi connectivity index (χ1v) is 7.78. The molecule has 0 saturated carbocycles. The summed E-state index contributed by atoms with van der Waals surface area (Å²) in [6, 6.07) is 12.2. The van der Waals surface area contributed by atoms with Crippen molar-refractivity contribution in [3.05, 3.63) is 48.0 Å². The van der Waals surface area contributed by atoms with Crippen LogP contribution < -0.4 is 20.2 Å². The second kappa shape index (κ2) is 9.17. The minimum atomic E-state index is -0.308. The number of benzene rings is 2. The molecule has 132 valence electrons. The quantitative estimate of drug-likeness (QED) is 0.505. The fourth-order valence-electron chi connectivity index (χ4n) is 2.08. The summed E-state index contributed by atoms with van der Waals surface area (Å²) in [6.07, 6.45) is 1.44. The summed E-state index contributed by atoms with van der Waals surface area (Å²) >= 11 is 0. The number of phenolic OH excluding ortho intramolecular Hbond substituents is 1. The summed E-state index contributed by atoms with van der Waals surface area (Å²) in [6.45, 7) is 2.35. The third-order valence-corrected chi connectivity index (χ3v) is 3.23. The van der Waals surface area contributed by atoms with Crippen LogP contribution in [0.15, 0.2) is 47.6 Å². The number of ether oxygens (including phenoxy) is 2. The standard InChI is InChI=1S/C18H21N3O4/c1-3-25-17-9-8-13(10-15(17)22)11-20-21-18(23)12-19-14-6-4-5-7-16(14)24-2/h4-11,19,22H,3,12H2,1-2H3,(H,21,23)/b20-11+. The molecule has 0 aliphatic heterocycles. The molecule has 0 heterocycles. The van der Waals surface area contributed by atoms with Gasteiger partial charge in [0.1, 0.15) is 5.75 Å². The Hall–Kier alpha value is -3.22. The monoisotopic (exact) mass is 343 g/mol. The highest BCUT2D eigenvalue weighted by molar-refractivity contribution is 5.85. The number of rotatable bonds is 8. The van der Waals surface area contributed by atoms with Gasteiger partial charge in [-0.25, -0.2) is 5.43 Å². The largest absolute Gasteiger partial charge is 0.504 e. The lowest BCUT2D eigenvalue weighted by molar-refractivity contribution is -0.119. The zero-order valence-electron chi connectivity index (χ0n) is 14.2. The maximum atomic E-state index is 11.8. The minimum Gasteiger partial charge on any atom is -0.504 e. The number of para-hydroxylation sites is 2. The van der Waals surface area contributed by atoms with Crippen LogP contribution in [0.5, 0.6) is 17.2 Å². The van der Waals surface area contributed by atoms with E-state index in [1.807, 2.05) is 25.1 Å². The molecule has 0 aliphatic rings. The maximum absolute atomic E-state index is 11.8. The van der Waals surface area contributed by atoms with Crippen molar-refractivity contribution in [2.24, 2.45) is 5.10 Å². The molecule has 2 rings (SSSR count). The molecule has 0 atom stereocenters. The molecule has 2 aromatic carbocycles. The summed E-state index contributed by atoms with van der Waals surface area (Å²) in [4.78, 5) is 11.8. The number of hydrazone groups is 1. The average Bonchev–Trinajstić information content (AvgIpc) is 2.62. The lowest BCUT2D eigenvalue weighted by Gasteiger charge is -2.09. The van der Waals surface area contributed by atoms with Crippen LogP contribution in [0.1, 0.15) is 12.5 Å². The highest BCUT2D eigenvalue weighted by atomic mass is 16.5. The minimum absolute atomic E-state index is 0.0231. The van der Waals surface area contributed by atoms with Gasteiger partial charge in [0.25, 0.3) is 5.91 Å². The first-order valence-electron chi connectivity index (χ1n) is 7.78. The lowest BCUT2D eigenvalue weighted by atomic mass is 10.2. The van der Waals surface area contributed by atoms with E-state index in [1.54, 1.807) is 25.3 Å². The first kappa shape index (κ1) is 18.1. The number of nitrogens with one attached hydrogen (secondary N) is 2. The van der Waals surface area contributed by atoms with Gasteiger partial charge in [-0.1, -0.05) is 12.1 Å². The van der Waals surface area contributed by atoms with Crippen molar-refractivity contribution in [2.45, 2.75) is 6.92 Å². The number of phenols is 1. The van der Waals surface area contributed by atoms with Crippen molar-refractivity contribution in [1.29, 1.82) is 0 Å². The van der Waals surface area contributed by atoms with Crippen molar-refractivity contribution >= 4 is 17.8 Å². The number of amides is 1. The Bertz CT molecular complexity index is 747. The molecular formula is C18H21N3O4. The van der Waals surface area contributed by atoms with Crippen LogP contribution in [0.3, 0.4) is 0 Å². The third-order valence-electron chi connectivity index (χ3n) is 3.23. The zero-order chi connectivity index (χ0) is 18.1. The van der Waals surface area contributed by atoms with Crippen LogP contribution >= 0.6 is 0 Å². The molecule has 0 fully saturated rings. The van der Waals surface area contributed by atoms with Crippen molar-refractivity contribution in [3.8, 4) is 17.2 Å². The Balaban J connectivity index is 1.85. The Morgan fingerprint density at radius 1 is 1.24 bits per heavy atom. The molecule has 0 saturated heterocycles. The van der Waals surface area contributed by atoms with Crippen LogP contribution in [0.25, 0.3) is 0 Å². The molecule has 7 nitrogen and oxygen atoms in total. The van der Waals surface area contributed by atoms with Crippen molar-refractivity contribution < 1.29 is 19.4 Å². The van der Waals surface area contributed by atoms with Gasteiger partial charge in [-0.05, 0) is 42.8 Å². The second-order valence-electron chi connectivity index (χ2n) is 5.01. The number of methoxy groups -OCH3 is 1. The third kappa shape index (κ3) is 5.42. The molecule has 0 radical (unpaired) electrons. The van der Waals surface area contributed by atoms with E-state index in [0.29, 0.717) is 23.7 Å². The van der Waals surface area contributed by atoms with Gasteiger partial charge in [0.2, 0.25) is 0 Å². The Kier molecular flexibility index (Phi) is 6.65. The SMILES string of the molecule is CCOc1ccc(/C=N/NC(=O)CNc2ccccc2OC)cc1O. The average molecular weight is 343 g/mol. The molecule has 1 amide bonds. The van der Waals surface area contributed by atoms with E-state index >= 15 is 0 Å². The van der Waals surface area contributed by atoms with Crippen molar-refractivity contribution in [2.75, 3.05) is 25.6 Å². The van der Waals surface area contributed by atoms with E-state index in [4.69, 9.17) is 9.47 Å². The van der Waals surface area contributed by atoms with E-state index in [0.717, 1.165) is 5.69 Å². The zero-order valence-corrected chi connectivity index (χ0v) is 14.2. The number of nitrogens with zero attached hydrogens (tertiary/aromatic N) is 1. The maximum Gasteiger partial charge on any atom is 0.259 e. The molecule has 0 unspecified atom stereocenters. The molecule has 7 heteroatoms. The smallest absolute Gasteiger partial charge is 0.259 e. The second-order valence-corrected chi connectivity index (χ2v) is 5.01. The van der Waals surface area contributed by atoms with Gasteiger partial charge in [-0.2, -0.15) is 5.10 Å². The number of hydrogen-bond acceptors (Lipinski definition) is 6. The Labute approximate surface area is 146 Å². The highest BCUT2D eigenvalue weighted by Gasteiger charge is 2.04. The molecule has 0 bridgehead atoms. The normalized spacial score (nSPS) is 10.5. The van der Waals surface area contributed by atoms with Crippen molar-refractivity contribution in [1.82, 2.24) is 5.43 Å². The topological polar surface area (TPSA) is 92.2 Å². The molecule has 2 aromatic rings. The van der Waals surface area contributed by atoms with Gasteiger partial charge in [0, 0.05) is 0 Å². The number of carbonyl (C=O) groups excluding carboxylic acids is 1. The first-order chi connectivity index (χ1) is 12.1. The molecule has 0 aliphatic carbocycles. The molecule has 3 N–H and O–H groups in total. The molecular weight excluding hydrogens is 322 g/mol. The summed E-state index contributed by atoms with van der Waals surface area (Å²) < 4.78 is 10.4. The van der Waals surface area contributed by atoms with Crippen LogP contribution in [0, 0.1) is 0 Å². The van der Waals surface area contributed by atoms with Gasteiger partial charge in [-0.3, -0.25) is 4.79 Å². The van der Waals surface area contributed by atoms with Crippen LogP contribution in [0.2, 0.25) is 0 Å². The van der Waals surface area contributed by atoms with Gasteiger partial charge in [0.05, 0.1) is 32.2 Å². The van der Waals surface area contributed by atoms with Crippen LogP contribution in [0.4, 0.5) is 5.69 Å². The summed E-state index contributed by atoms with van der Waals surface area (Å²) in [5.41, 5.74) is 3.77. The Morgan fingerprint density at radius 2 is 2.04 bits per heavy atom. The predicted molar refractivity (Wildman–Crippen MR) is 96.5 cm³/mol. The van der Waals surface area contributed by atoms with Gasteiger partial charge < -0.3 is 19.9 Å². The van der Waals surface area contributed by atoms with Gasteiger partial charge in [-0.15, -0.1) is 0 Å². The molecule has 0 spiro atoms. The van der Waals surface area contributed by atoms with E-state index in [2.05, 4.69) is 15.8 Å². The van der Waals surface area contributed by atoms with Crippen LogP contribution in [-0.4, -0.2) is 37.5 Å². The van der Waals surface area contributed by atoms with Gasteiger partial charge >= 0.3 is 0 Å². The number of aromatic hydroxyl groups is 1. The molecule has 25 heavy (non-hydrogen) atoms. The molecule has 0 aromatic heterocycles. The number of hydrogen-bond donors (Lipinski definition) is 3. The number of anilines is 1. The van der Waals surface area contributed by atoms with Crippen LogP contribution in [-0.2, 0) is 4.79 Å². The van der Waals surface area contributed by atoms with E-state index in [1.165, 1.54) is 12.3 Å². The number of carbonyl (C=O) groups is 1. The summed E-state index contributed by atoms with van der Waals surface area (Å²) in [5.74, 6) is 0.778. The Morgan fingerprint density at radius 3 is 2.76 bits per heavy atom. The highest BCUT2D eigenvalue weighted by Crippen LogP contribution is 2.26. The summed E-state index contributed by atoms with van der Waals surface area (Å²) in [5, 5.41) is 16.6. The van der Waals surface area contributed by atoms with E-state index in [9.17, 15) is 9.90 Å². The fraction of sp³-hybridized carbons (Fsp3) is 0.222. The lowest BCUT2D eigenvalue weighted by Crippen LogP contribution is -2.26. The van der Waals surface area contributed by atoms with E-state index < -0.39 is 0 Å². The fourth-order valence-corrected chi connectivity index (χ4v) is 2.08. The van der Waals surface area contributed by atoms with E-state index in [-0.39, 0.29) is 18.2 Å². The van der Waals surface area contributed by atoms with Crippen molar-refractivity contribution in [3.63, 3.8) is 0 Å². The summed E-state index contributed by atoms with van der Waals surface area (Å²) in [7, 11) is 1.57. The van der Waals surface area contributed by atoms with Gasteiger partial charge in [0.15, 0.2) is 11.5 Å².